The van der Waals surface area contributed by atoms with Crippen LogP contribution in [-0.2, 0) is 9.47 Å². The Hall–Kier alpha value is -0.120. The van der Waals surface area contributed by atoms with Gasteiger partial charge >= 0.3 is 0 Å². The van der Waals surface area contributed by atoms with E-state index in [0.29, 0.717) is 47.8 Å². The third-order valence-corrected chi connectivity index (χ3v) is 6.20. The van der Waals surface area contributed by atoms with Crippen LogP contribution in [0.1, 0.15) is 54.4 Å². The molecule has 0 aromatic rings. The molecule has 0 N–H and O–H groups in total. The van der Waals surface area contributed by atoms with E-state index in [1.54, 1.807) is 0 Å². The molecule has 0 spiro atoms. The normalized spacial score (nSPS) is 39.8. The summed E-state index contributed by atoms with van der Waals surface area (Å²) < 4.78 is 12.5. The fraction of sp³-hybridized carbons (Fsp3) is 1.00. The van der Waals surface area contributed by atoms with E-state index in [-0.39, 0.29) is 0 Å². The van der Waals surface area contributed by atoms with E-state index in [1.165, 1.54) is 19.4 Å². The van der Waals surface area contributed by atoms with E-state index in [4.69, 9.17) is 9.47 Å². The maximum Gasteiger partial charge on any atom is 0.0874 e. The van der Waals surface area contributed by atoms with Gasteiger partial charge in [-0.25, -0.2) is 0 Å². The monoisotopic (exact) mass is 323 g/mol. The lowest BCUT2D eigenvalue weighted by atomic mass is 9.74. The minimum atomic E-state index is 0.304. The van der Waals surface area contributed by atoms with E-state index < -0.39 is 0 Å². The third kappa shape index (κ3) is 3.62. The Morgan fingerprint density at radius 1 is 0.870 bits per heavy atom. The lowest BCUT2D eigenvalue weighted by Gasteiger charge is -2.49. The first-order valence-electron chi connectivity index (χ1n) is 9.89. The predicted molar refractivity (Wildman–Crippen MR) is 94.5 cm³/mol. The maximum absolute atomic E-state index is 6.73. The van der Waals surface area contributed by atoms with Crippen LogP contribution in [0, 0.1) is 29.6 Å². The fourth-order valence-corrected chi connectivity index (χ4v) is 5.00. The van der Waals surface area contributed by atoms with Crippen molar-refractivity contribution in [3.8, 4) is 0 Å². The van der Waals surface area contributed by atoms with Crippen molar-refractivity contribution in [3.05, 3.63) is 0 Å². The summed E-state index contributed by atoms with van der Waals surface area (Å²) in [5, 5.41) is 0. The van der Waals surface area contributed by atoms with Gasteiger partial charge in [0.25, 0.3) is 0 Å². The molecule has 5 atom stereocenters. The van der Waals surface area contributed by atoms with Crippen molar-refractivity contribution in [2.75, 3.05) is 19.8 Å². The van der Waals surface area contributed by atoms with Gasteiger partial charge in [-0.3, -0.25) is 4.90 Å². The minimum Gasteiger partial charge on any atom is -0.378 e. The number of rotatable bonds is 4. The van der Waals surface area contributed by atoms with Crippen LogP contribution in [0.5, 0.6) is 0 Å². The van der Waals surface area contributed by atoms with Gasteiger partial charge in [-0.15, -0.1) is 0 Å². The predicted octanol–water partition coefficient (Wildman–Crippen LogP) is 3.82. The van der Waals surface area contributed by atoms with Crippen LogP contribution in [-0.4, -0.2) is 49.0 Å². The van der Waals surface area contributed by atoms with Gasteiger partial charge in [-0.1, -0.05) is 41.5 Å². The number of ether oxygens (including phenoxy) is 2. The maximum atomic E-state index is 6.73. The highest BCUT2D eigenvalue weighted by Gasteiger charge is 2.48. The molecule has 3 aliphatic rings. The van der Waals surface area contributed by atoms with Gasteiger partial charge in [0.05, 0.1) is 25.4 Å². The summed E-state index contributed by atoms with van der Waals surface area (Å²) in [5.41, 5.74) is 0. The van der Waals surface area contributed by atoms with Gasteiger partial charge in [-0.05, 0) is 30.6 Å². The van der Waals surface area contributed by atoms with Gasteiger partial charge in [0.2, 0.25) is 0 Å². The molecule has 1 aliphatic carbocycles. The topological polar surface area (TPSA) is 21.7 Å². The van der Waals surface area contributed by atoms with Crippen LogP contribution >= 0.6 is 0 Å². The van der Waals surface area contributed by atoms with Gasteiger partial charge in [0.1, 0.15) is 0 Å². The average molecular weight is 324 g/mol. The zero-order valence-electron chi connectivity index (χ0n) is 16.0. The molecular weight excluding hydrogens is 286 g/mol. The number of hydrogen-bond acceptors (Lipinski definition) is 3. The van der Waals surface area contributed by atoms with E-state index >= 15 is 0 Å². The number of hydrogen-bond donors (Lipinski definition) is 0. The Balaban J connectivity index is 1.96. The molecule has 0 aromatic carbocycles. The minimum absolute atomic E-state index is 0.304. The van der Waals surface area contributed by atoms with Crippen molar-refractivity contribution < 1.29 is 9.47 Å². The van der Waals surface area contributed by atoms with Crippen LogP contribution in [0.2, 0.25) is 0 Å². The summed E-state index contributed by atoms with van der Waals surface area (Å²) in [4.78, 5) is 2.87. The van der Waals surface area contributed by atoms with Gasteiger partial charge < -0.3 is 9.47 Å². The molecule has 3 heteroatoms. The highest BCUT2D eigenvalue weighted by Crippen LogP contribution is 2.42. The fourth-order valence-electron chi connectivity index (χ4n) is 5.00. The Labute approximate surface area is 143 Å². The second-order valence-corrected chi connectivity index (χ2v) is 9.16. The molecule has 0 bridgehead atoms. The zero-order chi connectivity index (χ0) is 16.7. The summed E-state index contributed by atoms with van der Waals surface area (Å²) in [5.74, 6) is 3.05. The molecule has 0 radical (unpaired) electrons. The number of fused-ring (bicyclic) bond motifs is 1. The van der Waals surface area contributed by atoms with Crippen molar-refractivity contribution >= 4 is 0 Å². The lowest BCUT2D eigenvalue weighted by Crippen LogP contribution is -2.57. The van der Waals surface area contributed by atoms with Gasteiger partial charge in [0, 0.05) is 30.5 Å². The summed E-state index contributed by atoms with van der Waals surface area (Å²) in [7, 11) is 0. The van der Waals surface area contributed by atoms with Crippen LogP contribution in [0.3, 0.4) is 0 Å². The summed E-state index contributed by atoms with van der Waals surface area (Å²) in [6.45, 7) is 17.2. The standard InChI is InChI=1S/C20H37NO2/c1-12(2)18-19(13(3)4)21(16-7-8-16)9-15-10-22-11-17(15)23-20(18)14(5)6/h12-20H,7-11H2,1-6H3. The first-order chi connectivity index (χ1) is 10.9. The van der Waals surface area contributed by atoms with E-state index in [2.05, 4.69) is 46.4 Å². The SMILES string of the molecule is CC(C)C1OC2COCC2CN(C2CC2)C(C(C)C)C1C(C)C. The Kier molecular flexibility index (Phi) is 5.40. The first kappa shape index (κ1) is 17.7. The highest BCUT2D eigenvalue weighted by atomic mass is 16.6. The summed E-state index contributed by atoms with van der Waals surface area (Å²) >= 11 is 0. The number of nitrogens with zero attached hydrogens (tertiary/aromatic N) is 1. The molecule has 5 unspecified atom stereocenters. The first-order valence-corrected chi connectivity index (χ1v) is 9.89. The molecule has 2 aliphatic heterocycles. The second kappa shape index (κ2) is 7.01. The van der Waals surface area contributed by atoms with Crippen molar-refractivity contribution in [2.45, 2.75) is 78.7 Å². The summed E-state index contributed by atoms with van der Waals surface area (Å²) in [6.07, 6.45) is 3.43. The van der Waals surface area contributed by atoms with Crippen molar-refractivity contribution in [1.82, 2.24) is 4.90 Å². The quantitative estimate of drug-likeness (QED) is 0.785. The van der Waals surface area contributed by atoms with Crippen molar-refractivity contribution in [1.29, 1.82) is 0 Å². The van der Waals surface area contributed by atoms with Crippen molar-refractivity contribution in [2.24, 2.45) is 29.6 Å². The molecule has 1 saturated carbocycles. The molecule has 3 fully saturated rings. The molecular formula is C20H37NO2. The smallest absolute Gasteiger partial charge is 0.0874 e. The molecule has 3 rings (SSSR count). The van der Waals surface area contributed by atoms with Crippen LogP contribution in [0.25, 0.3) is 0 Å². The molecule has 0 amide bonds. The molecule has 134 valence electrons. The summed E-state index contributed by atoms with van der Waals surface area (Å²) in [6, 6.07) is 1.45. The molecule has 3 nitrogen and oxygen atoms in total. The van der Waals surface area contributed by atoms with Gasteiger partial charge in [-0.2, -0.15) is 0 Å². The second-order valence-electron chi connectivity index (χ2n) is 9.16. The van der Waals surface area contributed by atoms with Crippen LogP contribution in [0.15, 0.2) is 0 Å². The highest BCUT2D eigenvalue weighted by molar-refractivity contribution is 5.00. The molecule has 2 heterocycles. The molecule has 2 saturated heterocycles. The van der Waals surface area contributed by atoms with E-state index in [1.807, 2.05) is 0 Å². The average Bonchev–Trinajstić information content (AvgIpc) is 3.19. The Morgan fingerprint density at radius 3 is 2.09 bits per heavy atom. The van der Waals surface area contributed by atoms with Gasteiger partial charge in [0.15, 0.2) is 0 Å². The third-order valence-electron chi connectivity index (χ3n) is 6.20. The van der Waals surface area contributed by atoms with Crippen molar-refractivity contribution in [3.63, 3.8) is 0 Å². The Bertz CT molecular complexity index is 363. The van der Waals surface area contributed by atoms with Crippen LogP contribution in [0.4, 0.5) is 0 Å². The lowest BCUT2D eigenvalue weighted by molar-refractivity contribution is -0.137. The molecule has 23 heavy (non-hydrogen) atoms. The zero-order valence-corrected chi connectivity index (χ0v) is 16.0. The Morgan fingerprint density at radius 2 is 1.57 bits per heavy atom. The van der Waals surface area contributed by atoms with Crippen LogP contribution < -0.4 is 0 Å². The van der Waals surface area contributed by atoms with E-state index in [9.17, 15) is 0 Å². The molecule has 0 aromatic heterocycles. The largest absolute Gasteiger partial charge is 0.378 e. The van der Waals surface area contributed by atoms with E-state index in [0.717, 1.165) is 19.3 Å².